The molecule has 0 aliphatic carbocycles. The van der Waals surface area contributed by atoms with Crippen molar-refractivity contribution < 1.29 is 28.8 Å². The Hall–Kier alpha value is -3.10. The first-order valence-corrected chi connectivity index (χ1v) is 13.9. The molecule has 4 rings (SSSR count). The maximum Gasteiger partial charge on any atom is 0.188 e. The van der Waals surface area contributed by atoms with Gasteiger partial charge in [0.25, 0.3) is 0 Å². The number of rotatable bonds is 14. The Morgan fingerprint density at radius 1 is 0.925 bits per heavy atom. The average Bonchev–Trinajstić information content (AvgIpc) is 2.98. The molecule has 1 aliphatic rings. The minimum atomic E-state index is -1.03. The molecule has 3 aromatic rings. The summed E-state index contributed by atoms with van der Waals surface area (Å²) in [4.78, 5) is 0. The van der Waals surface area contributed by atoms with Crippen LogP contribution in [-0.4, -0.2) is 46.6 Å². The highest BCUT2D eigenvalue weighted by atomic mass is 16.7. The van der Waals surface area contributed by atoms with E-state index in [1.807, 2.05) is 36.4 Å². The summed E-state index contributed by atoms with van der Waals surface area (Å²) in [6.45, 7) is 5.06. The molecular formula is C33H43NO6. The standard InChI is InChI=1S/C33H43NO6/c1-32(25-14-16-27(17-15-25)39-22-36-4)21-38-31-20-28(40-23-37-5)18-19-29(31)30(32)9-7-6-8-24-10-12-26(13-11-24)33(2,35)34-3/h10-20,30,34-35H,6-9,21-23H2,1-5H3. The fraction of sp³-hybridized carbons (Fsp3) is 0.455. The Labute approximate surface area is 238 Å². The van der Waals surface area contributed by atoms with Crippen molar-refractivity contribution in [1.82, 2.24) is 5.32 Å². The summed E-state index contributed by atoms with van der Waals surface area (Å²) in [5.41, 5.74) is 3.33. The third-order valence-corrected chi connectivity index (χ3v) is 8.07. The van der Waals surface area contributed by atoms with Crippen molar-refractivity contribution in [3.05, 3.63) is 89.0 Å². The van der Waals surface area contributed by atoms with Gasteiger partial charge in [-0.2, -0.15) is 0 Å². The van der Waals surface area contributed by atoms with Gasteiger partial charge in [-0.25, -0.2) is 0 Å². The zero-order chi connectivity index (χ0) is 28.6. The minimum absolute atomic E-state index is 0.199. The minimum Gasteiger partial charge on any atom is -0.492 e. The highest BCUT2D eigenvalue weighted by Gasteiger charge is 2.42. The lowest BCUT2D eigenvalue weighted by Gasteiger charge is -2.43. The third-order valence-electron chi connectivity index (χ3n) is 8.07. The molecule has 0 saturated carbocycles. The smallest absolute Gasteiger partial charge is 0.188 e. The number of ether oxygens (including phenoxy) is 5. The molecule has 0 spiro atoms. The number of nitrogens with one attached hydrogen (secondary N) is 1. The SMILES string of the molecule is CNC(C)(O)c1ccc(CCCCC2c3ccc(OCOC)cc3OCC2(C)c2ccc(OCOC)cc2)cc1. The molecule has 0 radical (unpaired) electrons. The van der Waals surface area contributed by atoms with Crippen molar-refractivity contribution in [2.24, 2.45) is 0 Å². The Balaban J connectivity index is 1.50. The Morgan fingerprint density at radius 3 is 2.23 bits per heavy atom. The molecular weight excluding hydrogens is 506 g/mol. The van der Waals surface area contributed by atoms with Gasteiger partial charge in [0.2, 0.25) is 0 Å². The lowest BCUT2D eigenvalue weighted by atomic mass is 9.66. The predicted octanol–water partition coefficient (Wildman–Crippen LogP) is 5.88. The van der Waals surface area contributed by atoms with Crippen LogP contribution in [0.5, 0.6) is 17.2 Å². The predicted molar refractivity (Wildman–Crippen MR) is 156 cm³/mol. The molecule has 2 N–H and O–H groups in total. The van der Waals surface area contributed by atoms with Gasteiger partial charge < -0.3 is 28.8 Å². The summed E-state index contributed by atoms with van der Waals surface area (Å²) in [5.74, 6) is 2.67. The Morgan fingerprint density at radius 2 is 1.57 bits per heavy atom. The summed E-state index contributed by atoms with van der Waals surface area (Å²) < 4.78 is 27.8. The van der Waals surface area contributed by atoms with Gasteiger partial charge in [0.05, 0.1) is 6.61 Å². The van der Waals surface area contributed by atoms with Gasteiger partial charge in [-0.05, 0) is 73.7 Å². The van der Waals surface area contributed by atoms with Crippen LogP contribution in [0.15, 0.2) is 66.7 Å². The second kappa shape index (κ2) is 13.5. The first kappa shape index (κ1) is 29.9. The van der Waals surface area contributed by atoms with E-state index in [0.29, 0.717) is 6.61 Å². The zero-order valence-corrected chi connectivity index (χ0v) is 24.4. The number of hydrogen-bond acceptors (Lipinski definition) is 7. The number of fused-ring (bicyclic) bond motifs is 1. The van der Waals surface area contributed by atoms with Crippen LogP contribution >= 0.6 is 0 Å². The molecule has 3 atom stereocenters. The van der Waals surface area contributed by atoms with Crippen molar-refractivity contribution in [2.75, 3.05) is 41.5 Å². The second-order valence-electron chi connectivity index (χ2n) is 10.8. The Kier molecular flexibility index (Phi) is 10.1. The van der Waals surface area contributed by atoms with Crippen LogP contribution in [0, 0.1) is 0 Å². The quantitative estimate of drug-likeness (QED) is 0.192. The van der Waals surface area contributed by atoms with Crippen LogP contribution in [0.2, 0.25) is 0 Å². The average molecular weight is 550 g/mol. The van der Waals surface area contributed by atoms with E-state index in [-0.39, 0.29) is 24.9 Å². The molecule has 40 heavy (non-hydrogen) atoms. The largest absolute Gasteiger partial charge is 0.492 e. The lowest BCUT2D eigenvalue weighted by Crippen LogP contribution is -2.40. The van der Waals surface area contributed by atoms with Crippen LogP contribution in [0.1, 0.15) is 61.3 Å². The number of aryl methyl sites for hydroxylation is 1. The van der Waals surface area contributed by atoms with Crippen molar-refractivity contribution in [3.63, 3.8) is 0 Å². The normalized spacial score (nSPS) is 19.8. The van der Waals surface area contributed by atoms with Crippen molar-refractivity contribution in [2.45, 2.75) is 56.6 Å². The molecule has 216 valence electrons. The molecule has 0 saturated heterocycles. The monoisotopic (exact) mass is 549 g/mol. The van der Waals surface area contributed by atoms with Gasteiger partial charge in [-0.15, -0.1) is 0 Å². The molecule has 7 nitrogen and oxygen atoms in total. The van der Waals surface area contributed by atoms with Crippen LogP contribution in [-0.2, 0) is 27.0 Å². The van der Waals surface area contributed by atoms with Gasteiger partial charge >= 0.3 is 0 Å². The number of hydrogen-bond donors (Lipinski definition) is 2. The van der Waals surface area contributed by atoms with E-state index in [9.17, 15) is 5.11 Å². The molecule has 3 unspecified atom stereocenters. The number of unbranched alkanes of at least 4 members (excludes halogenated alkanes) is 1. The van der Waals surface area contributed by atoms with Crippen LogP contribution in [0.3, 0.4) is 0 Å². The molecule has 1 heterocycles. The van der Waals surface area contributed by atoms with Crippen LogP contribution in [0.4, 0.5) is 0 Å². The van der Waals surface area contributed by atoms with E-state index in [0.717, 1.165) is 48.5 Å². The second-order valence-corrected chi connectivity index (χ2v) is 10.8. The maximum atomic E-state index is 10.4. The zero-order valence-electron chi connectivity index (χ0n) is 24.4. The summed E-state index contributed by atoms with van der Waals surface area (Å²) in [5, 5.41) is 13.4. The maximum absolute atomic E-state index is 10.4. The van der Waals surface area contributed by atoms with Crippen molar-refractivity contribution in [3.8, 4) is 17.2 Å². The van der Waals surface area contributed by atoms with Crippen molar-refractivity contribution in [1.29, 1.82) is 0 Å². The van der Waals surface area contributed by atoms with Gasteiger partial charge in [0.15, 0.2) is 13.6 Å². The molecule has 1 aliphatic heterocycles. The van der Waals surface area contributed by atoms with E-state index in [2.05, 4.69) is 42.6 Å². The van der Waals surface area contributed by atoms with E-state index in [1.165, 1.54) is 16.7 Å². The van der Waals surface area contributed by atoms with Crippen LogP contribution < -0.4 is 19.5 Å². The number of methoxy groups -OCH3 is 2. The highest BCUT2D eigenvalue weighted by Crippen LogP contribution is 2.50. The van der Waals surface area contributed by atoms with E-state index in [4.69, 9.17) is 23.7 Å². The highest BCUT2D eigenvalue weighted by molar-refractivity contribution is 5.48. The van der Waals surface area contributed by atoms with Crippen LogP contribution in [0.25, 0.3) is 0 Å². The third kappa shape index (κ3) is 6.96. The van der Waals surface area contributed by atoms with Gasteiger partial charge in [-0.1, -0.05) is 55.8 Å². The lowest BCUT2D eigenvalue weighted by molar-refractivity contribution is 0.0282. The molecule has 0 aromatic heterocycles. The molecule has 0 amide bonds. The summed E-state index contributed by atoms with van der Waals surface area (Å²) >= 11 is 0. The van der Waals surface area contributed by atoms with Gasteiger partial charge in [-0.3, -0.25) is 5.32 Å². The number of aliphatic hydroxyl groups is 1. The summed E-state index contributed by atoms with van der Waals surface area (Å²) in [6, 6.07) is 22.6. The molecule has 7 heteroatoms. The van der Waals surface area contributed by atoms with E-state index >= 15 is 0 Å². The summed E-state index contributed by atoms with van der Waals surface area (Å²) in [6.07, 6.45) is 4.17. The number of benzene rings is 3. The first-order valence-electron chi connectivity index (χ1n) is 13.9. The first-order chi connectivity index (χ1) is 19.3. The molecule has 0 fully saturated rings. The molecule has 3 aromatic carbocycles. The van der Waals surface area contributed by atoms with E-state index < -0.39 is 5.72 Å². The fourth-order valence-electron chi connectivity index (χ4n) is 5.45. The van der Waals surface area contributed by atoms with E-state index in [1.54, 1.807) is 28.2 Å². The molecule has 0 bridgehead atoms. The topological polar surface area (TPSA) is 78.4 Å². The summed E-state index contributed by atoms with van der Waals surface area (Å²) in [7, 11) is 4.99. The van der Waals surface area contributed by atoms with Gasteiger partial charge in [0.1, 0.15) is 23.0 Å². The fourth-order valence-corrected chi connectivity index (χ4v) is 5.45. The van der Waals surface area contributed by atoms with Crippen molar-refractivity contribution >= 4 is 0 Å². The Bertz CT molecular complexity index is 1210. The van der Waals surface area contributed by atoms with Gasteiger partial charge in [0, 0.05) is 31.6 Å².